The van der Waals surface area contributed by atoms with Crippen LogP contribution in [-0.2, 0) is 9.59 Å². The van der Waals surface area contributed by atoms with Gasteiger partial charge in [0.2, 0.25) is 11.8 Å². The van der Waals surface area contributed by atoms with Crippen LogP contribution in [0.2, 0.25) is 0 Å². The van der Waals surface area contributed by atoms with Crippen molar-refractivity contribution in [3.05, 3.63) is 0 Å². The first-order valence-corrected chi connectivity index (χ1v) is 14.0. The van der Waals surface area contributed by atoms with Gasteiger partial charge >= 0.3 is 0 Å². The minimum atomic E-state index is -0.0415. The van der Waals surface area contributed by atoms with Gasteiger partial charge in [0.25, 0.3) is 0 Å². The molecule has 8 bridgehead atoms. The van der Waals surface area contributed by atoms with Crippen molar-refractivity contribution < 1.29 is 9.59 Å². The molecule has 0 spiro atoms. The first-order valence-electron chi connectivity index (χ1n) is 14.0. The van der Waals surface area contributed by atoms with E-state index in [0.29, 0.717) is 17.2 Å². The van der Waals surface area contributed by atoms with E-state index in [9.17, 15) is 9.59 Å². The molecule has 0 unspecified atom stereocenters. The van der Waals surface area contributed by atoms with Gasteiger partial charge in [0, 0.05) is 31.0 Å². The average molecular weight is 439 g/mol. The molecule has 9 fully saturated rings. The molecule has 4 nitrogen and oxygen atoms in total. The van der Waals surface area contributed by atoms with Crippen LogP contribution in [0.5, 0.6) is 0 Å². The molecular formula is C28H42N2O2. The summed E-state index contributed by atoms with van der Waals surface area (Å²) in [5.74, 6) is 5.98. The molecule has 0 radical (unpaired) electrons. The molecule has 9 aliphatic rings. The minimum Gasteiger partial charge on any atom is -0.353 e. The van der Waals surface area contributed by atoms with Gasteiger partial charge < -0.3 is 10.2 Å². The number of carbonyl (C=O) groups is 2. The second kappa shape index (κ2) is 7.22. The molecule has 1 heterocycles. The third-order valence-corrected chi connectivity index (χ3v) is 11.4. The van der Waals surface area contributed by atoms with E-state index in [1.807, 2.05) is 0 Å². The SMILES string of the molecule is O=C(CC12CC3CC(CC(C3)C1)C2)N1CCC(NC(=O)C23CC4CC(CC(C4)C2)C3)CC1. The molecule has 0 aromatic carbocycles. The Bertz CT molecular complexity index is 725. The van der Waals surface area contributed by atoms with Crippen molar-refractivity contribution in [3.8, 4) is 0 Å². The summed E-state index contributed by atoms with van der Waals surface area (Å²) in [4.78, 5) is 28.8. The van der Waals surface area contributed by atoms with Crippen molar-refractivity contribution in [2.75, 3.05) is 13.1 Å². The second-order valence-electron chi connectivity index (χ2n) is 13.9. The molecule has 8 aliphatic carbocycles. The number of hydrogen-bond acceptors (Lipinski definition) is 2. The average Bonchev–Trinajstić information content (AvgIpc) is 2.72. The molecule has 9 rings (SSSR count). The maximum Gasteiger partial charge on any atom is 0.226 e. The van der Waals surface area contributed by atoms with E-state index in [0.717, 1.165) is 87.1 Å². The summed E-state index contributed by atoms with van der Waals surface area (Å²) in [6.45, 7) is 1.69. The van der Waals surface area contributed by atoms with E-state index in [-0.39, 0.29) is 11.5 Å². The Morgan fingerprint density at radius 3 is 1.59 bits per heavy atom. The zero-order chi connectivity index (χ0) is 21.5. The van der Waals surface area contributed by atoms with Crippen LogP contribution in [0.15, 0.2) is 0 Å². The van der Waals surface area contributed by atoms with Crippen LogP contribution in [-0.4, -0.2) is 35.8 Å². The molecule has 32 heavy (non-hydrogen) atoms. The normalized spacial score (nSPS) is 48.9. The van der Waals surface area contributed by atoms with E-state index >= 15 is 0 Å². The molecule has 4 heteroatoms. The first-order chi connectivity index (χ1) is 15.5. The van der Waals surface area contributed by atoms with Gasteiger partial charge in [0.15, 0.2) is 0 Å². The van der Waals surface area contributed by atoms with Gasteiger partial charge in [-0.15, -0.1) is 0 Å². The molecule has 0 aromatic rings. The van der Waals surface area contributed by atoms with Crippen LogP contribution in [0.4, 0.5) is 0 Å². The van der Waals surface area contributed by atoms with E-state index in [2.05, 4.69) is 10.2 Å². The largest absolute Gasteiger partial charge is 0.353 e. The molecule has 2 amide bonds. The molecule has 176 valence electrons. The topological polar surface area (TPSA) is 49.4 Å². The molecule has 1 aliphatic heterocycles. The van der Waals surface area contributed by atoms with Crippen LogP contribution in [0, 0.1) is 46.3 Å². The summed E-state index contributed by atoms with van der Waals surface area (Å²) in [7, 11) is 0. The van der Waals surface area contributed by atoms with Gasteiger partial charge in [-0.05, 0) is 131 Å². The maximum absolute atomic E-state index is 13.4. The van der Waals surface area contributed by atoms with Crippen molar-refractivity contribution in [3.63, 3.8) is 0 Å². The van der Waals surface area contributed by atoms with Crippen molar-refractivity contribution in [1.82, 2.24) is 10.2 Å². The fourth-order valence-electron chi connectivity index (χ4n) is 10.9. The third kappa shape index (κ3) is 3.36. The summed E-state index contributed by atoms with van der Waals surface area (Å²) < 4.78 is 0. The number of nitrogens with zero attached hydrogens (tertiary/aromatic N) is 1. The van der Waals surface area contributed by atoms with Gasteiger partial charge in [0.05, 0.1) is 0 Å². The monoisotopic (exact) mass is 438 g/mol. The zero-order valence-corrected chi connectivity index (χ0v) is 19.8. The molecule has 1 N–H and O–H groups in total. The number of carbonyl (C=O) groups excluding carboxylic acids is 2. The lowest BCUT2D eigenvalue weighted by Gasteiger charge is -2.57. The van der Waals surface area contributed by atoms with Crippen molar-refractivity contribution >= 4 is 11.8 Å². The van der Waals surface area contributed by atoms with Gasteiger partial charge in [-0.3, -0.25) is 9.59 Å². The van der Waals surface area contributed by atoms with Gasteiger partial charge in [-0.2, -0.15) is 0 Å². The fourth-order valence-corrected chi connectivity index (χ4v) is 10.9. The molecule has 1 saturated heterocycles. The lowest BCUT2D eigenvalue weighted by atomic mass is 9.49. The highest BCUT2D eigenvalue weighted by atomic mass is 16.2. The first kappa shape index (κ1) is 20.3. The smallest absolute Gasteiger partial charge is 0.226 e. The van der Waals surface area contributed by atoms with E-state index < -0.39 is 0 Å². The lowest BCUT2D eigenvalue weighted by molar-refractivity contribution is -0.147. The third-order valence-electron chi connectivity index (χ3n) is 11.4. The highest BCUT2D eigenvalue weighted by Crippen LogP contribution is 2.62. The number of piperidine rings is 1. The fraction of sp³-hybridized carbons (Fsp3) is 0.929. The maximum atomic E-state index is 13.4. The van der Waals surface area contributed by atoms with Crippen LogP contribution in [0.1, 0.15) is 96.3 Å². The zero-order valence-electron chi connectivity index (χ0n) is 19.8. The Morgan fingerprint density at radius 2 is 1.12 bits per heavy atom. The predicted octanol–water partition coefficient (Wildman–Crippen LogP) is 4.92. The van der Waals surface area contributed by atoms with Crippen LogP contribution in [0.25, 0.3) is 0 Å². The lowest BCUT2D eigenvalue weighted by Crippen LogP contribution is -2.56. The number of rotatable bonds is 4. The summed E-state index contributed by atoms with van der Waals surface area (Å²) in [5.41, 5.74) is 0.301. The molecule has 0 aromatic heterocycles. The van der Waals surface area contributed by atoms with Crippen molar-refractivity contribution in [1.29, 1.82) is 0 Å². The molecule has 8 saturated carbocycles. The number of likely N-dealkylation sites (tertiary alicyclic amines) is 1. The highest BCUT2D eigenvalue weighted by Gasteiger charge is 2.55. The Morgan fingerprint density at radius 1 is 0.688 bits per heavy atom. The van der Waals surface area contributed by atoms with E-state index in [1.165, 1.54) is 57.8 Å². The van der Waals surface area contributed by atoms with E-state index in [1.54, 1.807) is 0 Å². The Kier molecular flexibility index (Phi) is 4.58. The van der Waals surface area contributed by atoms with Crippen molar-refractivity contribution in [2.24, 2.45) is 46.3 Å². The summed E-state index contributed by atoms with van der Waals surface area (Å²) in [6, 6.07) is 0.277. The van der Waals surface area contributed by atoms with Crippen LogP contribution in [0.3, 0.4) is 0 Å². The second-order valence-corrected chi connectivity index (χ2v) is 13.9. The van der Waals surface area contributed by atoms with Crippen molar-refractivity contribution in [2.45, 2.75) is 102 Å². The van der Waals surface area contributed by atoms with E-state index in [4.69, 9.17) is 0 Å². The van der Waals surface area contributed by atoms with Gasteiger partial charge in [0.1, 0.15) is 0 Å². The van der Waals surface area contributed by atoms with Crippen LogP contribution >= 0.6 is 0 Å². The number of amides is 2. The quantitative estimate of drug-likeness (QED) is 0.677. The molecule has 0 atom stereocenters. The highest BCUT2D eigenvalue weighted by molar-refractivity contribution is 5.83. The number of hydrogen-bond donors (Lipinski definition) is 1. The van der Waals surface area contributed by atoms with Gasteiger partial charge in [-0.1, -0.05) is 0 Å². The van der Waals surface area contributed by atoms with Crippen LogP contribution < -0.4 is 5.32 Å². The summed E-state index contributed by atoms with van der Waals surface area (Å²) >= 11 is 0. The minimum absolute atomic E-state index is 0.0415. The number of nitrogens with one attached hydrogen (secondary N) is 1. The Balaban J connectivity index is 0.935. The summed E-state index contributed by atoms with van der Waals surface area (Å²) in [5, 5.41) is 3.49. The Hall–Kier alpha value is -1.06. The standard InChI is InChI=1S/C28H42N2O2/c31-25(17-27-11-18-5-19(12-27)7-20(6-18)13-27)30-3-1-24(2-4-30)29-26(32)28-14-21-8-22(15-28)10-23(9-21)16-28/h18-24H,1-17H2,(H,29,32). The van der Waals surface area contributed by atoms with Gasteiger partial charge in [-0.25, -0.2) is 0 Å². The molecular weight excluding hydrogens is 396 g/mol. The summed E-state index contributed by atoms with van der Waals surface area (Å²) in [6.07, 6.45) is 18.6. The Labute approximate surface area is 193 Å². The predicted molar refractivity (Wildman–Crippen MR) is 124 cm³/mol.